The highest BCUT2D eigenvalue weighted by atomic mass is 16.5. The first-order valence-corrected chi connectivity index (χ1v) is 8.25. The van der Waals surface area contributed by atoms with Gasteiger partial charge in [-0.05, 0) is 24.6 Å². The lowest BCUT2D eigenvalue weighted by Gasteiger charge is -2.12. The summed E-state index contributed by atoms with van der Waals surface area (Å²) in [7, 11) is 1.68. The van der Waals surface area contributed by atoms with Gasteiger partial charge in [0, 0.05) is 31.0 Å². The summed E-state index contributed by atoms with van der Waals surface area (Å²) in [6.45, 7) is 3.37. The predicted octanol–water partition coefficient (Wildman–Crippen LogP) is 4.25. The fourth-order valence-corrected chi connectivity index (χ4v) is 2.47. The van der Waals surface area contributed by atoms with Crippen molar-refractivity contribution < 1.29 is 4.74 Å². The molecule has 0 amide bonds. The van der Waals surface area contributed by atoms with Gasteiger partial charge in [-0.1, -0.05) is 42.5 Å². The van der Waals surface area contributed by atoms with Gasteiger partial charge < -0.3 is 15.4 Å². The Kier molecular flexibility index (Phi) is 5.59. The molecule has 2 aromatic carbocycles. The first kappa shape index (κ1) is 16.9. The molecule has 0 bridgehead atoms. The quantitative estimate of drug-likeness (QED) is 0.633. The molecule has 1 heterocycles. The average molecular weight is 334 g/mol. The number of aryl methyl sites for hydroxylation is 1. The van der Waals surface area contributed by atoms with Crippen molar-refractivity contribution in [3.05, 3.63) is 66.2 Å². The van der Waals surface area contributed by atoms with Gasteiger partial charge in [-0.15, -0.1) is 0 Å². The van der Waals surface area contributed by atoms with E-state index in [0.717, 1.165) is 22.9 Å². The summed E-state index contributed by atoms with van der Waals surface area (Å²) in [6.07, 6.45) is 0. The van der Waals surface area contributed by atoms with E-state index in [-0.39, 0.29) is 0 Å². The Morgan fingerprint density at radius 2 is 1.72 bits per heavy atom. The molecule has 0 fully saturated rings. The second-order valence-corrected chi connectivity index (χ2v) is 5.74. The zero-order chi connectivity index (χ0) is 17.5. The van der Waals surface area contributed by atoms with Crippen LogP contribution in [0.2, 0.25) is 0 Å². The first-order chi connectivity index (χ1) is 12.2. The second-order valence-electron chi connectivity index (χ2n) is 5.74. The lowest BCUT2D eigenvalue weighted by molar-refractivity contribution is 0.210. The van der Waals surface area contributed by atoms with Gasteiger partial charge in [0.2, 0.25) is 0 Å². The Balaban J connectivity index is 1.91. The normalized spacial score (nSPS) is 10.5. The molecular weight excluding hydrogens is 312 g/mol. The van der Waals surface area contributed by atoms with Crippen LogP contribution in [0.15, 0.2) is 60.7 Å². The number of hydrogen-bond donors (Lipinski definition) is 2. The fraction of sp³-hybridized carbons (Fsp3) is 0.200. The van der Waals surface area contributed by atoms with Crippen molar-refractivity contribution in [2.75, 3.05) is 30.9 Å². The van der Waals surface area contributed by atoms with Crippen molar-refractivity contribution in [3.8, 4) is 11.4 Å². The highest BCUT2D eigenvalue weighted by molar-refractivity contribution is 5.65. The predicted molar refractivity (Wildman–Crippen MR) is 102 cm³/mol. The third-order valence-electron chi connectivity index (χ3n) is 3.66. The van der Waals surface area contributed by atoms with Gasteiger partial charge in [0.25, 0.3) is 0 Å². The number of nitrogens with zero attached hydrogens (tertiary/aromatic N) is 2. The van der Waals surface area contributed by atoms with Crippen LogP contribution in [0.25, 0.3) is 11.4 Å². The van der Waals surface area contributed by atoms with Gasteiger partial charge in [-0.2, -0.15) is 0 Å². The molecule has 0 aliphatic rings. The average Bonchev–Trinajstić information content (AvgIpc) is 2.63. The van der Waals surface area contributed by atoms with Crippen LogP contribution in [-0.4, -0.2) is 30.2 Å². The van der Waals surface area contributed by atoms with Crippen molar-refractivity contribution in [3.63, 3.8) is 0 Å². The molecular formula is C20H22N4O. The zero-order valence-electron chi connectivity index (χ0n) is 14.5. The molecule has 128 valence electrons. The summed E-state index contributed by atoms with van der Waals surface area (Å²) in [5.74, 6) is 2.19. The molecule has 0 saturated carbocycles. The smallest absolute Gasteiger partial charge is 0.163 e. The number of benzene rings is 2. The fourth-order valence-electron chi connectivity index (χ4n) is 2.47. The highest BCUT2D eigenvalue weighted by Crippen LogP contribution is 2.23. The lowest BCUT2D eigenvalue weighted by atomic mass is 10.2. The summed E-state index contributed by atoms with van der Waals surface area (Å²) in [4.78, 5) is 9.28. The summed E-state index contributed by atoms with van der Waals surface area (Å²) in [5, 5.41) is 6.64. The Morgan fingerprint density at radius 1 is 0.920 bits per heavy atom. The van der Waals surface area contributed by atoms with Crippen LogP contribution in [-0.2, 0) is 4.74 Å². The number of aromatic nitrogens is 2. The van der Waals surface area contributed by atoms with E-state index in [2.05, 4.69) is 39.7 Å². The molecule has 0 aliphatic carbocycles. The van der Waals surface area contributed by atoms with Crippen molar-refractivity contribution in [2.45, 2.75) is 6.92 Å². The molecule has 0 aliphatic heterocycles. The number of ether oxygens (including phenoxy) is 1. The van der Waals surface area contributed by atoms with Gasteiger partial charge in [0.15, 0.2) is 5.82 Å². The molecule has 0 radical (unpaired) electrons. The van der Waals surface area contributed by atoms with Crippen LogP contribution in [0.4, 0.5) is 17.3 Å². The molecule has 5 heteroatoms. The van der Waals surface area contributed by atoms with Gasteiger partial charge in [0.1, 0.15) is 11.6 Å². The van der Waals surface area contributed by atoms with Crippen molar-refractivity contribution in [1.82, 2.24) is 9.97 Å². The van der Waals surface area contributed by atoms with Crippen LogP contribution >= 0.6 is 0 Å². The number of methoxy groups -OCH3 is 1. The van der Waals surface area contributed by atoms with Crippen LogP contribution in [0, 0.1) is 6.92 Å². The van der Waals surface area contributed by atoms with Gasteiger partial charge in [0.05, 0.1) is 6.61 Å². The van der Waals surface area contributed by atoms with Crippen LogP contribution in [0.3, 0.4) is 0 Å². The Labute approximate surface area is 148 Å². The van der Waals surface area contributed by atoms with Gasteiger partial charge >= 0.3 is 0 Å². The molecule has 0 atom stereocenters. The first-order valence-electron chi connectivity index (χ1n) is 8.25. The third kappa shape index (κ3) is 4.78. The molecule has 5 nitrogen and oxygen atoms in total. The van der Waals surface area contributed by atoms with Crippen molar-refractivity contribution in [2.24, 2.45) is 0 Å². The Hall–Kier alpha value is -2.92. The Morgan fingerprint density at radius 3 is 2.48 bits per heavy atom. The van der Waals surface area contributed by atoms with Crippen LogP contribution < -0.4 is 10.6 Å². The molecule has 1 aromatic heterocycles. The zero-order valence-corrected chi connectivity index (χ0v) is 14.5. The maximum Gasteiger partial charge on any atom is 0.163 e. The van der Waals surface area contributed by atoms with E-state index in [4.69, 9.17) is 4.74 Å². The topological polar surface area (TPSA) is 59.1 Å². The van der Waals surface area contributed by atoms with Crippen molar-refractivity contribution in [1.29, 1.82) is 0 Å². The minimum absolute atomic E-state index is 0.616. The number of hydrogen-bond acceptors (Lipinski definition) is 5. The van der Waals surface area contributed by atoms with E-state index in [1.165, 1.54) is 5.56 Å². The molecule has 0 unspecified atom stereocenters. The molecule has 0 spiro atoms. The molecule has 3 rings (SSSR count). The second kappa shape index (κ2) is 8.26. The monoisotopic (exact) mass is 334 g/mol. The van der Waals surface area contributed by atoms with E-state index in [1.807, 2.05) is 48.5 Å². The van der Waals surface area contributed by atoms with E-state index in [0.29, 0.717) is 19.0 Å². The summed E-state index contributed by atoms with van der Waals surface area (Å²) < 4.78 is 5.10. The van der Waals surface area contributed by atoms with E-state index < -0.39 is 0 Å². The lowest BCUT2D eigenvalue weighted by Crippen LogP contribution is -2.10. The van der Waals surface area contributed by atoms with Crippen LogP contribution in [0.5, 0.6) is 0 Å². The highest BCUT2D eigenvalue weighted by Gasteiger charge is 2.07. The van der Waals surface area contributed by atoms with Gasteiger partial charge in [-0.3, -0.25) is 0 Å². The third-order valence-corrected chi connectivity index (χ3v) is 3.66. The summed E-state index contributed by atoms with van der Waals surface area (Å²) >= 11 is 0. The number of nitrogens with one attached hydrogen (secondary N) is 2. The van der Waals surface area contributed by atoms with E-state index in [9.17, 15) is 0 Å². The Bertz CT molecular complexity index is 821. The standard InChI is InChI=1S/C20H22N4O/c1-15-7-6-10-17(13-15)22-19-14-18(21-11-12-25-2)23-20(24-19)16-8-4-3-5-9-16/h3-10,13-14H,11-12H2,1-2H3,(H2,21,22,23,24). The maximum absolute atomic E-state index is 5.10. The SMILES string of the molecule is COCCNc1cc(Nc2cccc(C)c2)nc(-c2ccccc2)n1. The largest absolute Gasteiger partial charge is 0.383 e. The molecule has 2 N–H and O–H groups in total. The minimum Gasteiger partial charge on any atom is -0.383 e. The minimum atomic E-state index is 0.616. The number of anilines is 3. The maximum atomic E-state index is 5.10. The summed E-state index contributed by atoms with van der Waals surface area (Å²) in [6, 6.07) is 20.1. The molecule has 25 heavy (non-hydrogen) atoms. The molecule has 3 aromatic rings. The molecule has 0 saturated heterocycles. The van der Waals surface area contributed by atoms with Crippen molar-refractivity contribution >= 4 is 17.3 Å². The number of rotatable bonds is 7. The van der Waals surface area contributed by atoms with E-state index >= 15 is 0 Å². The van der Waals surface area contributed by atoms with E-state index in [1.54, 1.807) is 7.11 Å². The van der Waals surface area contributed by atoms with Crippen LogP contribution in [0.1, 0.15) is 5.56 Å². The summed E-state index contributed by atoms with van der Waals surface area (Å²) in [5.41, 5.74) is 3.17. The van der Waals surface area contributed by atoms with Gasteiger partial charge in [-0.25, -0.2) is 9.97 Å².